The fourth-order valence-electron chi connectivity index (χ4n) is 4.43. The number of thioether (sulfide) groups is 1. The van der Waals surface area contributed by atoms with Gasteiger partial charge in [-0.3, -0.25) is 30.5 Å². The number of aryl methyl sites for hydroxylation is 3. The number of nitrogens with one attached hydrogen (secondary N) is 4. The van der Waals surface area contributed by atoms with E-state index in [0.717, 1.165) is 34.2 Å². The lowest BCUT2D eigenvalue weighted by Gasteiger charge is -2.04. The zero-order valence-electron chi connectivity index (χ0n) is 24.5. The summed E-state index contributed by atoms with van der Waals surface area (Å²) in [6.45, 7) is 2.05. The highest BCUT2D eigenvalue weighted by atomic mass is 32.2. The molecular weight excluding hydrogens is 618 g/mol. The van der Waals surface area contributed by atoms with Crippen molar-refractivity contribution < 1.29 is 4.92 Å². The van der Waals surface area contributed by atoms with Gasteiger partial charge in [0.05, 0.1) is 10.7 Å². The first kappa shape index (κ1) is 32.4. The Morgan fingerprint density at radius 2 is 1.45 bits per heavy atom. The Morgan fingerprint density at radius 1 is 0.723 bits per heavy atom. The fourth-order valence-corrected chi connectivity index (χ4v) is 5.10. The number of hydrogen-bond acceptors (Lipinski definition) is 11. The molecule has 0 unspecified atom stereocenters. The van der Waals surface area contributed by atoms with Crippen molar-refractivity contribution in [3.63, 3.8) is 0 Å². The molecule has 0 spiro atoms. The van der Waals surface area contributed by atoms with Gasteiger partial charge in [-0.25, -0.2) is 19.9 Å². The average Bonchev–Trinajstić information content (AvgIpc) is 3.92. The van der Waals surface area contributed by atoms with E-state index in [4.69, 9.17) is 0 Å². The molecule has 16 heteroatoms. The van der Waals surface area contributed by atoms with Gasteiger partial charge < -0.3 is 0 Å². The van der Waals surface area contributed by atoms with Crippen LogP contribution in [0.15, 0.2) is 90.6 Å². The third kappa shape index (κ3) is 8.58. The van der Waals surface area contributed by atoms with Crippen molar-refractivity contribution in [2.45, 2.75) is 38.1 Å². The lowest BCUT2D eigenvalue weighted by atomic mass is 10.0. The summed E-state index contributed by atoms with van der Waals surface area (Å²) in [7, 11) is 0. The summed E-state index contributed by atoms with van der Waals surface area (Å²) in [5.74, 6) is 4.12. The maximum atomic E-state index is 11.3. The van der Waals surface area contributed by atoms with Crippen LogP contribution >= 0.6 is 11.8 Å². The zero-order chi connectivity index (χ0) is 31.7. The van der Waals surface area contributed by atoms with E-state index in [2.05, 4.69) is 79.8 Å². The van der Waals surface area contributed by atoms with E-state index >= 15 is 0 Å². The quantitative estimate of drug-likeness (QED) is 0.0793. The summed E-state index contributed by atoms with van der Waals surface area (Å²) in [6.07, 6.45) is 4.18. The molecule has 7 aromatic rings. The molecule has 238 valence electrons. The van der Waals surface area contributed by atoms with Gasteiger partial charge in [-0.05, 0) is 30.2 Å². The van der Waals surface area contributed by atoms with Crippen molar-refractivity contribution in [1.82, 2.24) is 60.7 Å². The molecule has 0 bridgehead atoms. The molecule has 3 aromatic carbocycles. The standard InChI is InChI=1S/C18H15N7O2.C12H12N6S.CH4/c26-25(27)15-9-13(12-4-2-1-3-5-12)8-14(10-15)18-21-17(23-24-18)7-6-16-19-11-20-22-16;1-8-3-2-4-9(5-8)11-15-12(18-17-11)19-6-10-13-7-14-16-10;/h1-5,8-11H,6-7H2,(H,19,20,22)(H,21,23,24);2-5,7H,6H2,1H3,(H,13,14,16)(H,15,17,18);1H4. The number of non-ortho nitro benzene ring substituents is 1. The number of nitro groups is 1. The van der Waals surface area contributed by atoms with Gasteiger partial charge in [0, 0.05) is 36.1 Å². The topological polar surface area (TPSA) is 209 Å². The van der Waals surface area contributed by atoms with E-state index in [9.17, 15) is 10.1 Å². The van der Waals surface area contributed by atoms with Crippen LogP contribution in [0.1, 0.15) is 30.5 Å². The summed E-state index contributed by atoms with van der Waals surface area (Å²) in [6, 6.07) is 22.5. The molecule has 4 heterocycles. The number of nitrogens with zero attached hydrogens (tertiary/aromatic N) is 9. The normalized spacial score (nSPS) is 10.6. The lowest BCUT2D eigenvalue weighted by Crippen LogP contribution is -1.95. The SMILES string of the molecule is C.Cc1cccc(-c2nc(SCc3ncn[nH]3)n[nH]2)c1.O=[N+]([O-])c1cc(-c2ccccc2)cc(-c2n[nH]c(CCc3ncn[nH]3)n2)c1. The van der Waals surface area contributed by atoms with Crippen molar-refractivity contribution in [2.75, 3.05) is 0 Å². The van der Waals surface area contributed by atoms with Gasteiger partial charge >= 0.3 is 0 Å². The first-order chi connectivity index (χ1) is 22.5. The molecule has 0 saturated carbocycles. The van der Waals surface area contributed by atoms with Crippen molar-refractivity contribution in [1.29, 1.82) is 0 Å². The molecule has 0 radical (unpaired) electrons. The van der Waals surface area contributed by atoms with E-state index in [1.54, 1.807) is 6.07 Å². The number of aromatic amines is 4. The third-order valence-corrected chi connectivity index (χ3v) is 7.51. The largest absolute Gasteiger partial charge is 0.270 e. The number of nitro benzene ring substituents is 1. The van der Waals surface area contributed by atoms with Crippen molar-refractivity contribution in [2.24, 2.45) is 0 Å². The predicted octanol–water partition coefficient (Wildman–Crippen LogP) is 5.78. The second kappa shape index (κ2) is 15.3. The van der Waals surface area contributed by atoms with Crippen LogP contribution in [0.2, 0.25) is 0 Å². The van der Waals surface area contributed by atoms with E-state index in [1.165, 1.54) is 36.0 Å². The maximum Gasteiger partial charge on any atom is 0.270 e. The third-order valence-electron chi connectivity index (χ3n) is 6.65. The van der Waals surface area contributed by atoms with Crippen LogP contribution < -0.4 is 0 Å². The molecule has 4 N–H and O–H groups in total. The number of rotatable bonds is 10. The summed E-state index contributed by atoms with van der Waals surface area (Å²) in [4.78, 5) is 28.0. The van der Waals surface area contributed by atoms with E-state index in [-0.39, 0.29) is 13.1 Å². The van der Waals surface area contributed by atoms with Crippen LogP contribution in [-0.4, -0.2) is 65.6 Å². The van der Waals surface area contributed by atoms with Crippen LogP contribution in [0.4, 0.5) is 5.69 Å². The highest BCUT2D eigenvalue weighted by Gasteiger charge is 2.15. The summed E-state index contributed by atoms with van der Waals surface area (Å²) in [5.41, 5.74) is 4.46. The second-order valence-electron chi connectivity index (χ2n) is 9.99. The minimum absolute atomic E-state index is 0. The van der Waals surface area contributed by atoms with Crippen molar-refractivity contribution in [3.05, 3.63) is 119 Å². The average molecular weight is 650 g/mol. The Morgan fingerprint density at radius 3 is 2.17 bits per heavy atom. The number of H-pyrrole nitrogens is 4. The first-order valence-corrected chi connectivity index (χ1v) is 15.1. The predicted molar refractivity (Wildman–Crippen MR) is 177 cm³/mol. The van der Waals surface area contributed by atoms with Gasteiger partial charge in [0.15, 0.2) is 11.6 Å². The highest BCUT2D eigenvalue weighted by Crippen LogP contribution is 2.30. The van der Waals surface area contributed by atoms with Gasteiger partial charge in [0.2, 0.25) is 5.16 Å². The molecule has 47 heavy (non-hydrogen) atoms. The lowest BCUT2D eigenvalue weighted by molar-refractivity contribution is -0.384. The molecule has 0 atom stereocenters. The molecule has 15 nitrogen and oxygen atoms in total. The van der Waals surface area contributed by atoms with Crippen LogP contribution in [-0.2, 0) is 18.6 Å². The minimum Gasteiger partial charge on any atom is -0.263 e. The molecule has 0 fully saturated rings. The van der Waals surface area contributed by atoms with Crippen LogP contribution in [0.25, 0.3) is 33.9 Å². The molecule has 0 amide bonds. The number of hydrogen-bond donors (Lipinski definition) is 4. The molecule has 0 saturated heterocycles. The smallest absolute Gasteiger partial charge is 0.263 e. The van der Waals surface area contributed by atoms with E-state index in [0.29, 0.717) is 41.0 Å². The Labute approximate surface area is 273 Å². The Balaban J connectivity index is 0.000000191. The molecule has 0 aliphatic rings. The number of benzene rings is 3. The van der Waals surface area contributed by atoms with Crippen LogP contribution in [0, 0.1) is 17.0 Å². The zero-order valence-corrected chi connectivity index (χ0v) is 25.3. The molecule has 0 aliphatic heterocycles. The Bertz CT molecular complexity index is 2010. The van der Waals surface area contributed by atoms with E-state index in [1.807, 2.05) is 48.5 Å². The second-order valence-corrected chi connectivity index (χ2v) is 10.9. The Kier molecular flexibility index (Phi) is 10.5. The van der Waals surface area contributed by atoms with Crippen molar-refractivity contribution in [3.8, 4) is 33.9 Å². The van der Waals surface area contributed by atoms with Gasteiger partial charge in [-0.2, -0.15) is 15.3 Å². The van der Waals surface area contributed by atoms with E-state index < -0.39 is 4.92 Å². The van der Waals surface area contributed by atoms with Crippen LogP contribution in [0.3, 0.4) is 0 Å². The Hall–Kier alpha value is -6.03. The minimum atomic E-state index is -0.409. The van der Waals surface area contributed by atoms with Crippen LogP contribution in [0.5, 0.6) is 0 Å². The monoisotopic (exact) mass is 649 g/mol. The van der Waals surface area contributed by atoms with Gasteiger partial charge in [0.25, 0.3) is 5.69 Å². The highest BCUT2D eigenvalue weighted by molar-refractivity contribution is 7.98. The first-order valence-electron chi connectivity index (χ1n) is 14.1. The molecule has 0 aliphatic carbocycles. The summed E-state index contributed by atoms with van der Waals surface area (Å²) in [5, 5.41) is 39.5. The van der Waals surface area contributed by atoms with Gasteiger partial charge in [0.1, 0.15) is 30.1 Å². The molecule has 4 aromatic heterocycles. The molecular formula is C31H31N13O2S. The van der Waals surface area contributed by atoms with Gasteiger partial charge in [-0.1, -0.05) is 73.3 Å². The molecule has 7 rings (SSSR count). The van der Waals surface area contributed by atoms with Gasteiger partial charge in [-0.15, -0.1) is 5.10 Å². The van der Waals surface area contributed by atoms with Crippen molar-refractivity contribution >= 4 is 17.4 Å². The fraction of sp³-hybridized carbons (Fsp3) is 0.161. The summed E-state index contributed by atoms with van der Waals surface area (Å²) >= 11 is 1.51. The maximum absolute atomic E-state index is 11.3. The summed E-state index contributed by atoms with van der Waals surface area (Å²) < 4.78 is 0. The number of aromatic nitrogens is 12.